The molecule has 1 saturated heterocycles. The Morgan fingerprint density at radius 2 is 2.05 bits per heavy atom. The first-order chi connectivity index (χ1) is 19.5. The van der Waals surface area contributed by atoms with Crippen molar-refractivity contribution in [3.05, 3.63) is 66.2 Å². The second kappa shape index (κ2) is 10.7. The van der Waals surface area contributed by atoms with Crippen LogP contribution < -0.4 is 4.74 Å². The number of H-pyrrole nitrogens is 1. The first-order valence-corrected chi connectivity index (χ1v) is 13.7. The lowest BCUT2D eigenvalue weighted by atomic mass is 9.69. The lowest BCUT2D eigenvalue weighted by Gasteiger charge is -2.52. The van der Waals surface area contributed by atoms with Gasteiger partial charge in [-0.3, -0.25) is 9.58 Å². The maximum Gasteiger partial charge on any atom is 0.191 e. The smallest absolute Gasteiger partial charge is 0.191 e. The first-order valence-electron chi connectivity index (χ1n) is 13.7. The minimum absolute atomic E-state index is 0.139. The topological polar surface area (TPSA) is 103 Å². The molecule has 0 spiro atoms. The molecule has 40 heavy (non-hydrogen) atoms. The third-order valence-corrected chi connectivity index (χ3v) is 8.21. The molecule has 0 atom stereocenters. The lowest BCUT2D eigenvalue weighted by Crippen LogP contribution is -2.58. The Hall–Kier alpha value is -4.25. The summed E-state index contributed by atoms with van der Waals surface area (Å²) in [5, 5.41) is 15.3. The van der Waals surface area contributed by atoms with Gasteiger partial charge in [0, 0.05) is 49.0 Å². The van der Waals surface area contributed by atoms with Crippen molar-refractivity contribution in [1.29, 1.82) is 5.26 Å². The van der Waals surface area contributed by atoms with E-state index in [0.717, 1.165) is 78.9 Å². The van der Waals surface area contributed by atoms with Gasteiger partial charge in [-0.2, -0.15) is 10.4 Å². The molecular weight excluding hydrogens is 502 g/mol. The van der Waals surface area contributed by atoms with Crippen molar-refractivity contribution >= 4 is 16.7 Å². The van der Waals surface area contributed by atoms with Crippen LogP contribution in [0.2, 0.25) is 0 Å². The number of nitrogens with one attached hydrogen (secondary N) is 1. The van der Waals surface area contributed by atoms with Crippen LogP contribution in [0.3, 0.4) is 0 Å². The van der Waals surface area contributed by atoms with E-state index in [1.807, 2.05) is 55.6 Å². The molecule has 0 radical (unpaired) electrons. The Labute approximate surface area is 234 Å². The van der Waals surface area contributed by atoms with Gasteiger partial charge in [0.05, 0.1) is 36.5 Å². The summed E-state index contributed by atoms with van der Waals surface area (Å²) in [6, 6.07) is 10.7. The highest BCUT2D eigenvalue weighted by Gasteiger charge is 2.49. The molecule has 0 unspecified atom stereocenters. The molecule has 4 heterocycles. The van der Waals surface area contributed by atoms with Gasteiger partial charge in [0.25, 0.3) is 0 Å². The van der Waals surface area contributed by atoms with Gasteiger partial charge in [-0.15, -0.1) is 0 Å². The first kappa shape index (κ1) is 26.0. The summed E-state index contributed by atoms with van der Waals surface area (Å²) in [6.07, 6.45) is 11.6. The molecule has 1 aliphatic heterocycles. The Bertz CT molecular complexity index is 1580. The Morgan fingerprint density at radius 3 is 2.80 bits per heavy atom. The SMILES string of the molecule is [C-]#[N+]c1cc(CN(C)C)cc(OC2CCN([C@H]3C[C@](CC#N)(n4cc(-c5ncnc6[nH]ccc56)cn4)C3)CC2)c1. The van der Waals surface area contributed by atoms with E-state index >= 15 is 0 Å². The van der Waals surface area contributed by atoms with E-state index in [2.05, 4.69) is 41.7 Å². The zero-order chi connectivity index (χ0) is 27.7. The summed E-state index contributed by atoms with van der Waals surface area (Å²) in [5.41, 5.74) is 3.99. The van der Waals surface area contributed by atoms with Crippen LogP contribution in [0.5, 0.6) is 5.75 Å². The number of ether oxygens (including phenoxy) is 1. The number of aromatic amines is 1. The van der Waals surface area contributed by atoms with Crippen molar-refractivity contribution in [1.82, 2.24) is 34.5 Å². The van der Waals surface area contributed by atoms with Crippen LogP contribution in [-0.2, 0) is 12.1 Å². The van der Waals surface area contributed by atoms with Gasteiger partial charge in [0.2, 0.25) is 0 Å². The summed E-state index contributed by atoms with van der Waals surface area (Å²) in [5.74, 6) is 0.788. The maximum absolute atomic E-state index is 9.68. The van der Waals surface area contributed by atoms with Gasteiger partial charge in [0.1, 0.15) is 23.8 Å². The number of hydrogen-bond donors (Lipinski definition) is 1. The summed E-state index contributed by atoms with van der Waals surface area (Å²) >= 11 is 0. The molecule has 6 rings (SSSR count). The van der Waals surface area contributed by atoms with Gasteiger partial charge in [-0.25, -0.2) is 14.8 Å². The highest BCUT2D eigenvalue weighted by atomic mass is 16.5. The second-order valence-electron chi connectivity index (χ2n) is 11.3. The average Bonchev–Trinajstić information content (AvgIpc) is 3.61. The number of likely N-dealkylation sites (tertiary alicyclic amines) is 1. The number of hydrogen-bond acceptors (Lipinski definition) is 7. The molecule has 1 aliphatic carbocycles. The molecule has 1 N–H and O–H groups in total. The minimum atomic E-state index is -0.293. The van der Waals surface area contributed by atoms with Crippen LogP contribution in [0.25, 0.3) is 27.1 Å². The quantitative estimate of drug-likeness (QED) is 0.325. The largest absolute Gasteiger partial charge is 0.492 e. The number of rotatable bonds is 8. The maximum atomic E-state index is 9.68. The lowest BCUT2D eigenvalue weighted by molar-refractivity contribution is -0.0207. The van der Waals surface area contributed by atoms with Crippen LogP contribution in [0.1, 0.15) is 37.7 Å². The van der Waals surface area contributed by atoms with E-state index in [1.54, 1.807) is 6.33 Å². The summed E-state index contributed by atoms with van der Waals surface area (Å²) in [6.45, 7) is 10.1. The summed E-state index contributed by atoms with van der Waals surface area (Å²) < 4.78 is 8.35. The molecule has 3 aromatic heterocycles. The van der Waals surface area contributed by atoms with Crippen molar-refractivity contribution in [2.75, 3.05) is 27.2 Å². The van der Waals surface area contributed by atoms with Gasteiger partial charge >= 0.3 is 0 Å². The van der Waals surface area contributed by atoms with Crippen molar-refractivity contribution in [2.24, 2.45) is 0 Å². The molecular formula is C30H33N9O. The molecule has 0 amide bonds. The molecule has 10 nitrogen and oxygen atoms in total. The average molecular weight is 536 g/mol. The zero-order valence-electron chi connectivity index (χ0n) is 22.9. The number of aromatic nitrogens is 5. The number of piperidine rings is 1. The summed E-state index contributed by atoms with van der Waals surface area (Å²) in [7, 11) is 4.05. The highest BCUT2D eigenvalue weighted by molar-refractivity contribution is 5.90. The van der Waals surface area contributed by atoms with Crippen LogP contribution >= 0.6 is 0 Å². The number of nitriles is 1. The van der Waals surface area contributed by atoms with Crippen LogP contribution in [0.4, 0.5) is 5.69 Å². The Balaban J connectivity index is 1.09. The van der Waals surface area contributed by atoms with E-state index in [1.165, 1.54) is 0 Å². The fraction of sp³-hybridized carbons (Fsp3) is 0.433. The highest BCUT2D eigenvalue weighted by Crippen LogP contribution is 2.45. The van der Waals surface area contributed by atoms with Gasteiger partial charge in [-0.1, -0.05) is 6.07 Å². The van der Waals surface area contributed by atoms with E-state index in [-0.39, 0.29) is 11.6 Å². The minimum Gasteiger partial charge on any atom is -0.492 e. The van der Waals surface area contributed by atoms with E-state index in [4.69, 9.17) is 16.4 Å². The van der Waals surface area contributed by atoms with Gasteiger partial charge in [-0.05, 0) is 63.5 Å². The van der Waals surface area contributed by atoms with Gasteiger partial charge < -0.3 is 14.6 Å². The van der Waals surface area contributed by atoms with Crippen molar-refractivity contribution < 1.29 is 4.74 Å². The normalized spacial score (nSPS) is 21.7. The monoisotopic (exact) mass is 535 g/mol. The molecule has 0 bridgehead atoms. The molecule has 10 heteroatoms. The molecule has 1 aromatic carbocycles. The van der Waals surface area contributed by atoms with E-state index in [0.29, 0.717) is 18.2 Å². The van der Waals surface area contributed by atoms with Gasteiger partial charge in [0.15, 0.2) is 5.69 Å². The third-order valence-electron chi connectivity index (χ3n) is 8.21. The molecule has 1 saturated carbocycles. The molecule has 2 aliphatic rings. The standard InChI is InChI=1S/C30H33N9O/c1-32-23-12-21(18-37(2)3)13-26(14-23)40-25-5-10-38(11-6-25)24-15-30(16-24,7-8-31)39-19-22(17-36-39)28-27-4-9-33-29(27)35-20-34-28/h4,9,12-14,17,19-20,24-25H,5-7,10-11,15-16,18H2,2-3H3,(H,33,34,35)/t24-,30-. The number of nitrogens with zero attached hydrogens (tertiary/aromatic N) is 8. The van der Waals surface area contributed by atoms with Crippen molar-refractivity contribution in [3.63, 3.8) is 0 Å². The molecule has 2 fully saturated rings. The van der Waals surface area contributed by atoms with E-state index in [9.17, 15) is 5.26 Å². The molecule has 4 aromatic rings. The Kier molecular flexibility index (Phi) is 6.97. The predicted molar refractivity (Wildman–Crippen MR) is 152 cm³/mol. The fourth-order valence-electron chi connectivity index (χ4n) is 6.23. The Morgan fingerprint density at radius 1 is 1.23 bits per heavy atom. The van der Waals surface area contributed by atoms with Crippen LogP contribution in [0, 0.1) is 17.9 Å². The molecule has 204 valence electrons. The van der Waals surface area contributed by atoms with Crippen molar-refractivity contribution in [2.45, 2.75) is 56.3 Å². The van der Waals surface area contributed by atoms with E-state index < -0.39 is 0 Å². The summed E-state index contributed by atoms with van der Waals surface area (Å²) in [4.78, 5) is 20.2. The second-order valence-corrected chi connectivity index (χ2v) is 11.3. The van der Waals surface area contributed by atoms with Crippen LogP contribution in [-0.4, -0.2) is 73.9 Å². The van der Waals surface area contributed by atoms with Crippen LogP contribution in [0.15, 0.2) is 49.2 Å². The number of fused-ring (bicyclic) bond motifs is 1. The fourth-order valence-corrected chi connectivity index (χ4v) is 6.23. The zero-order valence-corrected chi connectivity index (χ0v) is 22.9. The third kappa shape index (κ3) is 5.04. The number of benzene rings is 1. The predicted octanol–water partition coefficient (Wildman–Crippen LogP) is 4.75. The van der Waals surface area contributed by atoms with Crippen molar-refractivity contribution in [3.8, 4) is 23.1 Å².